The van der Waals surface area contributed by atoms with Gasteiger partial charge < -0.3 is 20.3 Å². The molecule has 158 valence electrons. The Morgan fingerprint density at radius 3 is 2.32 bits per heavy atom. The number of thiol groups is 1. The fourth-order valence-electron chi connectivity index (χ4n) is 3.34. The summed E-state index contributed by atoms with van der Waals surface area (Å²) in [5.41, 5.74) is 4.61. The van der Waals surface area contributed by atoms with Crippen LogP contribution in [0.4, 0.5) is 0 Å². The number of amides is 1. The zero-order valence-electron chi connectivity index (χ0n) is 17.3. The third-order valence-electron chi connectivity index (χ3n) is 4.90. The molecule has 2 fully saturated rings. The maximum absolute atomic E-state index is 8.58. The number of ether oxygens (including phenoxy) is 1. The standard InChI is InChI=1S/C15H22N2O.C5H10OS.CH3NO/c1-11(2)6-7-13(16)15(8-4-5-9-15)14-10-17-12(3)18-14;7-5-1-3-6-4-2-5;2-1-3/h6-7,10-11,16H,4-5,8-9H2,1-3H3;5,7H,1-4H2;1H,(H2,2,3)/b7-6+,16-13?;;. The molecule has 1 saturated heterocycles. The van der Waals surface area contributed by atoms with Gasteiger partial charge in [-0.3, -0.25) is 4.79 Å². The Kier molecular flexibility index (Phi) is 11.2. The van der Waals surface area contributed by atoms with Crippen molar-refractivity contribution in [2.45, 2.75) is 70.0 Å². The van der Waals surface area contributed by atoms with Crippen molar-refractivity contribution in [3.8, 4) is 0 Å². The molecule has 0 spiro atoms. The quantitative estimate of drug-likeness (QED) is 0.393. The van der Waals surface area contributed by atoms with Crippen molar-refractivity contribution in [3.05, 3.63) is 30.0 Å². The van der Waals surface area contributed by atoms with Gasteiger partial charge in [0, 0.05) is 31.1 Å². The molecule has 0 unspecified atom stereocenters. The number of oxazole rings is 1. The summed E-state index contributed by atoms with van der Waals surface area (Å²) in [5, 5.41) is 9.00. The van der Waals surface area contributed by atoms with Gasteiger partial charge in [0.2, 0.25) is 6.41 Å². The minimum atomic E-state index is -0.230. The number of nitrogens with two attached hydrogens (primary N) is 1. The largest absolute Gasteiger partial charge is 0.445 e. The van der Waals surface area contributed by atoms with Gasteiger partial charge >= 0.3 is 0 Å². The lowest BCUT2D eigenvalue weighted by atomic mass is 9.78. The predicted octanol–water partition coefficient (Wildman–Crippen LogP) is 4.22. The average Bonchev–Trinajstić information content (AvgIpc) is 3.31. The molecule has 0 radical (unpaired) electrons. The fraction of sp³-hybridized carbons (Fsp3) is 0.667. The summed E-state index contributed by atoms with van der Waals surface area (Å²) in [6.07, 6.45) is 12.7. The number of aryl methyl sites for hydroxylation is 1. The Labute approximate surface area is 174 Å². The molecule has 28 heavy (non-hydrogen) atoms. The molecule has 0 atom stereocenters. The molecule has 0 bridgehead atoms. The molecular weight excluding hydrogens is 374 g/mol. The predicted molar refractivity (Wildman–Crippen MR) is 116 cm³/mol. The van der Waals surface area contributed by atoms with E-state index in [1.807, 2.05) is 13.0 Å². The average molecular weight is 410 g/mol. The summed E-state index contributed by atoms with van der Waals surface area (Å²) in [6.45, 7) is 7.94. The van der Waals surface area contributed by atoms with Gasteiger partial charge in [0.1, 0.15) is 5.76 Å². The third-order valence-corrected chi connectivity index (χ3v) is 5.42. The van der Waals surface area contributed by atoms with Crippen LogP contribution in [0.15, 0.2) is 22.8 Å². The first kappa shape index (κ1) is 24.4. The molecule has 1 aliphatic heterocycles. The number of nitrogens with zero attached hydrogens (tertiary/aromatic N) is 1. The maximum atomic E-state index is 8.58. The third kappa shape index (κ3) is 7.80. The van der Waals surface area contributed by atoms with Crippen molar-refractivity contribution < 1.29 is 13.9 Å². The minimum absolute atomic E-state index is 0.230. The van der Waals surface area contributed by atoms with Crippen LogP contribution in [-0.4, -0.2) is 35.6 Å². The summed E-state index contributed by atoms with van der Waals surface area (Å²) >= 11 is 4.28. The van der Waals surface area contributed by atoms with Gasteiger partial charge in [-0.1, -0.05) is 32.8 Å². The van der Waals surface area contributed by atoms with Gasteiger partial charge in [0.25, 0.3) is 0 Å². The Hall–Kier alpha value is -1.60. The molecule has 3 N–H and O–H groups in total. The van der Waals surface area contributed by atoms with E-state index in [1.165, 1.54) is 0 Å². The van der Waals surface area contributed by atoms with Gasteiger partial charge in [-0.05, 0) is 37.7 Å². The molecule has 7 heteroatoms. The van der Waals surface area contributed by atoms with Crippen LogP contribution in [0.2, 0.25) is 0 Å². The van der Waals surface area contributed by atoms with Crippen LogP contribution in [0.25, 0.3) is 0 Å². The summed E-state index contributed by atoms with van der Waals surface area (Å²) < 4.78 is 10.8. The highest BCUT2D eigenvalue weighted by molar-refractivity contribution is 7.80. The van der Waals surface area contributed by atoms with Crippen molar-refractivity contribution in [2.24, 2.45) is 11.7 Å². The van der Waals surface area contributed by atoms with Crippen molar-refractivity contribution in [2.75, 3.05) is 13.2 Å². The van der Waals surface area contributed by atoms with E-state index in [9.17, 15) is 0 Å². The SMILES string of the molecule is Cc1ncc(C2(C(=N)/C=C/C(C)C)CCCC2)o1.NC=O.SC1CCOCC1. The van der Waals surface area contributed by atoms with Crippen molar-refractivity contribution >= 4 is 24.8 Å². The summed E-state index contributed by atoms with van der Waals surface area (Å²) in [7, 11) is 0. The first-order valence-corrected chi connectivity index (χ1v) is 10.5. The molecule has 2 aliphatic rings. The molecule has 2 heterocycles. The van der Waals surface area contributed by atoms with Gasteiger partial charge in [-0.2, -0.15) is 12.6 Å². The van der Waals surface area contributed by atoms with Crippen LogP contribution in [0.1, 0.15) is 64.0 Å². The summed E-state index contributed by atoms with van der Waals surface area (Å²) in [4.78, 5) is 12.8. The molecule has 1 aliphatic carbocycles. The second kappa shape index (κ2) is 12.8. The van der Waals surface area contributed by atoms with Crippen LogP contribution in [-0.2, 0) is 14.9 Å². The number of hydrogen-bond donors (Lipinski definition) is 3. The van der Waals surface area contributed by atoms with Crippen LogP contribution in [0, 0.1) is 18.3 Å². The van der Waals surface area contributed by atoms with Gasteiger partial charge in [-0.25, -0.2) is 4.98 Å². The molecule has 3 rings (SSSR count). The number of primary amides is 1. The van der Waals surface area contributed by atoms with E-state index in [2.05, 4.69) is 43.3 Å². The molecule has 6 nitrogen and oxygen atoms in total. The molecule has 1 aromatic rings. The number of allylic oxidation sites excluding steroid dienone is 2. The van der Waals surface area contributed by atoms with Crippen molar-refractivity contribution in [1.29, 1.82) is 5.41 Å². The minimum Gasteiger partial charge on any atom is -0.445 e. The highest BCUT2D eigenvalue weighted by Crippen LogP contribution is 2.42. The van der Waals surface area contributed by atoms with Gasteiger partial charge in [-0.15, -0.1) is 0 Å². The van der Waals surface area contributed by atoms with E-state index in [4.69, 9.17) is 19.4 Å². The first-order chi connectivity index (χ1) is 13.4. The second-order valence-electron chi connectivity index (χ2n) is 7.53. The number of carbonyl (C=O) groups is 1. The number of nitrogens with one attached hydrogen (secondary N) is 1. The summed E-state index contributed by atoms with van der Waals surface area (Å²) in [6, 6.07) is 0. The Morgan fingerprint density at radius 2 is 1.93 bits per heavy atom. The van der Waals surface area contributed by atoms with Crippen molar-refractivity contribution in [3.63, 3.8) is 0 Å². The van der Waals surface area contributed by atoms with E-state index in [0.29, 0.717) is 22.8 Å². The van der Waals surface area contributed by atoms with Crippen LogP contribution in [0.3, 0.4) is 0 Å². The topological polar surface area (TPSA) is 102 Å². The number of rotatable bonds is 4. The Morgan fingerprint density at radius 1 is 1.36 bits per heavy atom. The first-order valence-electron chi connectivity index (χ1n) is 9.97. The second-order valence-corrected chi connectivity index (χ2v) is 8.26. The monoisotopic (exact) mass is 409 g/mol. The number of aromatic nitrogens is 1. The lowest BCUT2D eigenvalue weighted by Crippen LogP contribution is -2.30. The Balaban J connectivity index is 0.000000324. The molecule has 0 aromatic carbocycles. The maximum Gasteiger partial charge on any atom is 0.204 e. The van der Waals surface area contributed by atoms with Gasteiger partial charge in [0.05, 0.1) is 11.6 Å². The molecular formula is C21H35N3O3S. The zero-order chi connectivity index (χ0) is 21.0. The smallest absolute Gasteiger partial charge is 0.204 e. The van der Waals surface area contributed by atoms with Crippen LogP contribution < -0.4 is 5.73 Å². The van der Waals surface area contributed by atoms with Crippen molar-refractivity contribution in [1.82, 2.24) is 4.98 Å². The van der Waals surface area contributed by atoms with E-state index < -0.39 is 0 Å². The van der Waals surface area contributed by atoms with Crippen LogP contribution in [0.5, 0.6) is 0 Å². The van der Waals surface area contributed by atoms with Gasteiger partial charge in [0.15, 0.2) is 5.89 Å². The highest BCUT2D eigenvalue weighted by atomic mass is 32.1. The lowest BCUT2D eigenvalue weighted by Gasteiger charge is -2.25. The zero-order valence-corrected chi connectivity index (χ0v) is 18.2. The fourth-order valence-corrected chi connectivity index (χ4v) is 3.55. The molecule has 1 amide bonds. The summed E-state index contributed by atoms with van der Waals surface area (Å²) in [5.74, 6) is 2.04. The highest BCUT2D eigenvalue weighted by Gasteiger charge is 2.41. The van der Waals surface area contributed by atoms with E-state index in [0.717, 1.165) is 57.5 Å². The van der Waals surface area contributed by atoms with Crippen LogP contribution >= 0.6 is 12.6 Å². The number of carbonyl (C=O) groups excluding carboxylic acids is 1. The normalized spacial score (nSPS) is 18.9. The van der Waals surface area contributed by atoms with E-state index in [-0.39, 0.29) is 11.8 Å². The Bertz CT molecular complexity index is 616. The lowest BCUT2D eigenvalue weighted by molar-refractivity contribution is -0.106. The number of hydrogen-bond acceptors (Lipinski definition) is 6. The molecule has 1 saturated carbocycles. The van der Waals surface area contributed by atoms with E-state index >= 15 is 0 Å². The van der Waals surface area contributed by atoms with E-state index in [1.54, 1.807) is 6.20 Å². The molecule has 1 aromatic heterocycles.